The molecule has 0 bridgehead atoms. The molecular formula is C26H29NO9. The summed E-state index contributed by atoms with van der Waals surface area (Å²) in [4.78, 5) is 23.3. The second kappa shape index (κ2) is 11.7. The van der Waals surface area contributed by atoms with Crippen LogP contribution in [0.2, 0.25) is 0 Å². The van der Waals surface area contributed by atoms with Crippen LogP contribution in [0.1, 0.15) is 36.2 Å². The van der Waals surface area contributed by atoms with Crippen molar-refractivity contribution in [2.45, 2.75) is 70.0 Å². The topological polar surface area (TPSA) is 127 Å². The molecule has 1 saturated heterocycles. The Kier molecular flexibility index (Phi) is 8.44. The molecule has 1 fully saturated rings. The molecule has 0 spiro atoms. The number of hydrogen-bond donors (Lipinski definition) is 1. The van der Waals surface area contributed by atoms with Crippen LogP contribution >= 0.6 is 0 Å². The van der Waals surface area contributed by atoms with Gasteiger partial charge < -0.3 is 28.8 Å². The lowest BCUT2D eigenvalue weighted by atomic mass is 10.0. The van der Waals surface area contributed by atoms with Crippen molar-refractivity contribution in [2.24, 2.45) is 0 Å². The number of carbonyl (C=O) groups is 1. The van der Waals surface area contributed by atoms with E-state index in [1.54, 1.807) is 26.0 Å². The van der Waals surface area contributed by atoms with Gasteiger partial charge in [-0.25, -0.2) is 4.79 Å². The van der Waals surface area contributed by atoms with Crippen LogP contribution in [0.3, 0.4) is 0 Å². The molecule has 2 aliphatic rings. The lowest BCUT2D eigenvalue weighted by Gasteiger charge is -2.41. The molecule has 2 aromatic rings. The van der Waals surface area contributed by atoms with Crippen molar-refractivity contribution in [1.82, 2.24) is 0 Å². The normalized spacial score (nSPS) is 30.0. The second-order valence-corrected chi connectivity index (χ2v) is 8.74. The first-order valence-corrected chi connectivity index (χ1v) is 11.7. The van der Waals surface area contributed by atoms with Gasteiger partial charge in [-0.1, -0.05) is 36.4 Å². The van der Waals surface area contributed by atoms with Crippen LogP contribution < -0.4 is 0 Å². The van der Waals surface area contributed by atoms with E-state index >= 15 is 0 Å². The van der Waals surface area contributed by atoms with Gasteiger partial charge >= 0.3 is 5.97 Å². The van der Waals surface area contributed by atoms with Crippen molar-refractivity contribution >= 4 is 11.7 Å². The van der Waals surface area contributed by atoms with E-state index in [-0.39, 0.29) is 17.7 Å². The number of nitro benzene ring substituents is 1. The minimum absolute atomic E-state index is 0.126. The van der Waals surface area contributed by atoms with Crippen molar-refractivity contribution in [3.05, 3.63) is 88.0 Å². The molecule has 10 nitrogen and oxygen atoms in total. The summed E-state index contributed by atoms with van der Waals surface area (Å²) in [7, 11) is 0. The summed E-state index contributed by atoms with van der Waals surface area (Å²) in [5.74, 6) is -0.650. The van der Waals surface area contributed by atoms with Crippen molar-refractivity contribution in [1.29, 1.82) is 0 Å². The van der Waals surface area contributed by atoms with Crippen molar-refractivity contribution in [2.75, 3.05) is 0 Å². The molecule has 36 heavy (non-hydrogen) atoms. The molecule has 0 amide bonds. The molecule has 0 aliphatic carbocycles. The molecule has 0 radical (unpaired) electrons. The average molecular weight is 500 g/mol. The quantitative estimate of drug-likeness (QED) is 0.251. The average Bonchev–Trinajstić information content (AvgIpc) is 2.87. The third kappa shape index (κ3) is 6.54. The molecule has 0 aromatic heterocycles. The number of ether oxygens (including phenoxy) is 5. The molecule has 192 valence electrons. The maximum absolute atomic E-state index is 12.9. The molecule has 10 heteroatoms. The van der Waals surface area contributed by atoms with Crippen molar-refractivity contribution in [3.8, 4) is 0 Å². The lowest BCUT2D eigenvalue weighted by Crippen LogP contribution is -2.52. The summed E-state index contributed by atoms with van der Waals surface area (Å²) < 4.78 is 29.6. The highest BCUT2D eigenvalue weighted by Gasteiger charge is 2.42. The summed E-state index contributed by atoms with van der Waals surface area (Å²) in [5.41, 5.74) is 1.02. The fraction of sp³-hybridized carbons (Fsp3) is 0.423. The predicted octanol–water partition coefficient (Wildman–Crippen LogP) is 3.52. The maximum atomic E-state index is 12.9. The van der Waals surface area contributed by atoms with Crippen LogP contribution in [0.15, 0.2) is 66.7 Å². The van der Waals surface area contributed by atoms with Gasteiger partial charge in [0.2, 0.25) is 0 Å². The Morgan fingerprint density at radius 2 is 1.78 bits per heavy atom. The van der Waals surface area contributed by atoms with Crippen LogP contribution in [-0.2, 0) is 30.3 Å². The molecular weight excluding hydrogens is 470 g/mol. The molecule has 4 rings (SSSR count). The number of rotatable bonds is 8. The number of nitrogens with zero attached hydrogens (tertiary/aromatic N) is 1. The summed E-state index contributed by atoms with van der Waals surface area (Å²) in [6.07, 6.45) is -1.19. The van der Waals surface area contributed by atoms with Gasteiger partial charge in [0.15, 0.2) is 12.6 Å². The SMILES string of the molecule is C[C@H]1O[C@@H](OCc2ccccc2)C[C@@H](OC(=O)c2ccc([N+](=O)[O-])cc2)[C@@H]1O[C@H]1C=C[C@@H](O)[C@@H](C)O1. The van der Waals surface area contributed by atoms with Crippen LogP contribution in [-0.4, -0.2) is 59.1 Å². The number of benzene rings is 2. The molecule has 2 aliphatic heterocycles. The third-order valence-corrected chi connectivity index (χ3v) is 6.06. The largest absolute Gasteiger partial charge is 0.456 e. The second-order valence-electron chi connectivity index (χ2n) is 8.74. The molecule has 7 atom stereocenters. The summed E-state index contributed by atoms with van der Waals surface area (Å²) in [6, 6.07) is 14.8. The fourth-order valence-corrected chi connectivity index (χ4v) is 4.04. The standard InChI is InChI=1S/C26H29NO9/c1-16-21(28)12-13-23(33-16)36-25-17(2)34-24(32-15-18-6-4-3-5-7-18)14-22(25)35-26(29)19-8-10-20(11-9-19)27(30)31/h3-13,16-17,21-25,28H,14-15H2,1-2H3/t16-,17-,21-,22-,23+,24-,25-/m1/s1. The Bertz CT molecular complexity index is 1060. The molecule has 1 N–H and O–H groups in total. The summed E-state index contributed by atoms with van der Waals surface area (Å²) in [5, 5.41) is 20.8. The lowest BCUT2D eigenvalue weighted by molar-refractivity contribution is -0.384. The van der Waals surface area contributed by atoms with Gasteiger partial charge in [-0.05, 0) is 37.6 Å². The molecule has 2 heterocycles. The van der Waals surface area contributed by atoms with Gasteiger partial charge in [0.1, 0.15) is 12.2 Å². The molecule has 2 aromatic carbocycles. The minimum atomic E-state index is -0.762. The van der Waals surface area contributed by atoms with Gasteiger partial charge in [0.25, 0.3) is 5.69 Å². The number of nitro groups is 1. The monoisotopic (exact) mass is 499 g/mol. The highest BCUT2D eigenvalue weighted by Crippen LogP contribution is 2.30. The Labute approximate surface area is 208 Å². The van der Waals surface area contributed by atoms with Crippen molar-refractivity contribution in [3.63, 3.8) is 0 Å². The Morgan fingerprint density at radius 1 is 1.06 bits per heavy atom. The maximum Gasteiger partial charge on any atom is 0.338 e. The first-order valence-electron chi connectivity index (χ1n) is 11.7. The van der Waals surface area contributed by atoms with Gasteiger partial charge in [-0.3, -0.25) is 10.1 Å². The molecule has 0 saturated carbocycles. The summed E-state index contributed by atoms with van der Waals surface area (Å²) in [6.45, 7) is 3.84. The Hall–Kier alpha value is -3.15. The number of hydrogen-bond acceptors (Lipinski definition) is 9. The highest BCUT2D eigenvalue weighted by atomic mass is 16.7. The first kappa shape index (κ1) is 25.9. The van der Waals surface area contributed by atoms with E-state index in [4.69, 9.17) is 23.7 Å². The zero-order valence-corrected chi connectivity index (χ0v) is 20.0. The van der Waals surface area contributed by atoms with Gasteiger partial charge in [-0.15, -0.1) is 0 Å². The van der Waals surface area contributed by atoms with Gasteiger partial charge in [-0.2, -0.15) is 0 Å². The third-order valence-electron chi connectivity index (χ3n) is 6.06. The van der Waals surface area contributed by atoms with Gasteiger partial charge in [0, 0.05) is 18.6 Å². The Morgan fingerprint density at radius 3 is 2.44 bits per heavy atom. The molecule has 0 unspecified atom stereocenters. The minimum Gasteiger partial charge on any atom is -0.456 e. The zero-order chi connectivity index (χ0) is 25.7. The summed E-state index contributed by atoms with van der Waals surface area (Å²) >= 11 is 0. The van der Waals surface area contributed by atoms with E-state index in [9.17, 15) is 20.0 Å². The smallest absolute Gasteiger partial charge is 0.338 e. The van der Waals surface area contributed by atoms with Crippen LogP contribution in [0.5, 0.6) is 0 Å². The van der Waals surface area contributed by atoms with E-state index in [2.05, 4.69) is 0 Å². The predicted molar refractivity (Wildman–Crippen MR) is 127 cm³/mol. The van der Waals surface area contributed by atoms with Crippen LogP contribution in [0.4, 0.5) is 5.69 Å². The van der Waals surface area contributed by atoms with E-state index in [0.29, 0.717) is 6.61 Å². The number of esters is 1. The van der Waals surface area contributed by atoms with Crippen LogP contribution in [0, 0.1) is 10.1 Å². The fourth-order valence-electron chi connectivity index (χ4n) is 4.04. The van der Waals surface area contributed by atoms with E-state index in [0.717, 1.165) is 5.56 Å². The zero-order valence-electron chi connectivity index (χ0n) is 20.0. The number of carbonyl (C=O) groups excluding carboxylic acids is 1. The van der Waals surface area contributed by atoms with E-state index in [1.807, 2.05) is 30.3 Å². The number of non-ortho nitro benzene ring substituents is 1. The van der Waals surface area contributed by atoms with E-state index < -0.39 is 54.0 Å². The van der Waals surface area contributed by atoms with Gasteiger partial charge in [0.05, 0.1) is 35.4 Å². The number of aliphatic hydroxyl groups excluding tert-OH is 1. The van der Waals surface area contributed by atoms with Crippen LogP contribution in [0.25, 0.3) is 0 Å². The highest BCUT2D eigenvalue weighted by molar-refractivity contribution is 5.89. The first-order chi connectivity index (χ1) is 17.3. The van der Waals surface area contributed by atoms with E-state index in [1.165, 1.54) is 24.3 Å². The van der Waals surface area contributed by atoms with Crippen molar-refractivity contribution < 1.29 is 38.5 Å². The number of aliphatic hydroxyl groups is 1. The Balaban J connectivity index is 1.48.